The molecule has 0 aliphatic carbocycles. The van der Waals surface area contributed by atoms with Crippen LogP contribution >= 0.6 is 6.80 Å². The van der Waals surface area contributed by atoms with Crippen LogP contribution in [0.1, 0.15) is 0 Å². The maximum atomic E-state index is 11.1. The Hall–Kier alpha value is -0.680. The molecule has 5 nitrogen and oxygen atoms in total. The maximum absolute atomic E-state index is 11.1. The van der Waals surface area contributed by atoms with Crippen molar-refractivity contribution in [2.75, 3.05) is 0 Å². The third-order valence-electron chi connectivity index (χ3n) is 1.35. The molecule has 0 amide bonds. The van der Waals surface area contributed by atoms with E-state index in [9.17, 15) is 13.0 Å². The molecule has 0 aliphatic heterocycles. The van der Waals surface area contributed by atoms with Gasteiger partial charge in [0.25, 0.3) is 9.46 Å². The molecular weight excluding hydrogens is 215 g/mol. The first-order valence-electron chi connectivity index (χ1n) is 3.21. The van der Waals surface area contributed by atoms with E-state index in [1.54, 1.807) is 6.07 Å². The summed E-state index contributed by atoms with van der Waals surface area (Å²) in [4.78, 5) is 16.7. The van der Waals surface area contributed by atoms with E-state index in [2.05, 4.69) is 0 Å². The van der Waals surface area contributed by atoms with Gasteiger partial charge in [-0.1, -0.05) is 18.2 Å². The topological polar surface area (TPSA) is 91.7 Å². The molecule has 0 spiro atoms. The molecule has 0 heterocycles. The van der Waals surface area contributed by atoms with Gasteiger partial charge in [0.1, 0.15) is 0 Å². The largest absolute Gasteiger partial charge is 0.444 e. The molecule has 0 fully saturated rings. The van der Waals surface area contributed by atoms with Crippen LogP contribution in [0.15, 0.2) is 35.2 Å². The van der Waals surface area contributed by atoms with Crippen molar-refractivity contribution in [3.8, 4) is 0 Å². The van der Waals surface area contributed by atoms with Crippen LogP contribution in [0.5, 0.6) is 0 Å². The number of hydrogen-bond acceptors (Lipinski definition) is 3. The average molecular weight is 222 g/mol. The Labute approximate surface area is 74.9 Å². The smallest absolute Gasteiger partial charge is 0.313 e. The van der Waals surface area contributed by atoms with Crippen molar-refractivity contribution in [3.63, 3.8) is 0 Å². The van der Waals surface area contributed by atoms with Crippen LogP contribution in [0.4, 0.5) is 0 Å². The molecule has 7 heteroatoms. The summed E-state index contributed by atoms with van der Waals surface area (Å²) < 4.78 is 32.7. The van der Waals surface area contributed by atoms with Gasteiger partial charge in [0, 0.05) is 0 Å². The van der Waals surface area contributed by atoms with Crippen molar-refractivity contribution in [2.45, 2.75) is 4.90 Å². The van der Waals surface area contributed by atoms with E-state index in [1.807, 2.05) is 0 Å². The molecule has 0 aromatic heterocycles. The normalized spacial score (nSPS) is 12.8. The summed E-state index contributed by atoms with van der Waals surface area (Å²) in [5.74, 6) is 0. The molecule has 0 bridgehead atoms. The summed E-state index contributed by atoms with van der Waals surface area (Å²) in [6.07, 6.45) is 0. The Balaban J connectivity index is 3.34. The van der Waals surface area contributed by atoms with Gasteiger partial charge in [0.2, 0.25) is 0 Å². The van der Waals surface area contributed by atoms with Crippen LogP contribution < -0.4 is 0 Å². The van der Waals surface area contributed by atoms with Gasteiger partial charge in [-0.25, -0.2) is 13.0 Å². The first-order chi connectivity index (χ1) is 5.86. The van der Waals surface area contributed by atoms with Crippen molar-refractivity contribution in [1.29, 1.82) is 0 Å². The van der Waals surface area contributed by atoms with E-state index >= 15 is 0 Å². The predicted octanol–water partition coefficient (Wildman–Crippen LogP) is 0.553. The van der Waals surface area contributed by atoms with Crippen LogP contribution in [-0.4, -0.2) is 18.2 Å². The second-order valence-electron chi connectivity index (χ2n) is 2.28. The van der Waals surface area contributed by atoms with Crippen LogP contribution in [-0.2, 0) is 14.0 Å². The van der Waals surface area contributed by atoms with Crippen LogP contribution in [0, 0.1) is 0 Å². The number of rotatable bonds is 2. The minimum absolute atomic E-state index is 0.372. The Morgan fingerprint density at radius 2 is 1.54 bits per heavy atom. The lowest BCUT2D eigenvalue weighted by Crippen LogP contribution is -2.00. The molecule has 72 valence electrons. The summed E-state index contributed by atoms with van der Waals surface area (Å²) in [6.45, 7) is -5.12. The average Bonchev–Trinajstić information content (AvgIpc) is 2.04. The standard InChI is InChI=1S/C6H7O5PS/c7-12(8,9)13(10,11)6-4-2-1-3-5-6/h1-5H,(H2,7,8,9). The molecule has 0 saturated carbocycles. The molecule has 0 saturated heterocycles. The quantitative estimate of drug-likeness (QED) is 0.713. The van der Waals surface area contributed by atoms with E-state index in [1.165, 1.54) is 12.1 Å². The lowest BCUT2D eigenvalue weighted by atomic mass is 10.4. The highest BCUT2D eigenvalue weighted by Gasteiger charge is 2.35. The molecule has 13 heavy (non-hydrogen) atoms. The van der Waals surface area contributed by atoms with Crippen LogP contribution in [0.2, 0.25) is 0 Å². The van der Waals surface area contributed by atoms with E-state index < -0.39 is 16.3 Å². The van der Waals surface area contributed by atoms with Crippen LogP contribution in [0.3, 0.4) is 0 Å². The monoisotopic (exact) mass is 222 g/mol. The summed E-state index contributed by atoms with van der Waals surface area (Å²) in [5, 5.41) is 0. The highest BCUT2D eigenvalue weighted by Crippen LogP contribution is 2.47. The van der Waals surface area contributed by atoms with Crippen LogP contribution in [0.25, 0.3) is 0 Å². The van der Waals surface area contributed by atoms with Crippen molar-refractivity contribution in [3.05, 3.63) is 30.3 Å². The summed E-state index contributed by atoms with van der Waals surface area (Å²) >= 11 is 0. The minimum atomic E-state index is -5.12. The van der Waals surface area contributed by atoms with Gasteiger partial charge in [-0.15, -0.1) is 0 Å². The van der Waals surface area contributed by atoms with Gasteiger partial charge in [0.05, 0.1) is 4.90 Å². The number of hydrogen-bond donors (Lipinski definition) is 2. The summed E-state index contributed by atoms with van der Waals surface area (Å²) in [7, 11) is -4.51. The maximum Gasteiger partial charge on any atom is 0.444 e. The Kier molecular flexibility index (Phi) is 2.58. The van der Waals surface area contributed by atoms with Gasteiger partial charge < -0.3 is 9.79 Å². The van der Waals surface area contributed by atoms with Gasteiger partial charge >= 0.3 is 6.80 Å². The second kappa shape index (κ2) is 3.23. The third kappa shape index (κ3) is 1.97. The molecular formula is C6H7O5PS. The Morgan fingerprint density at radius 1 is 1.08 bits per heavy atom. The second-order valence-corrected chi connectivity index (χ2v) is 7.55. The zero-order valence-electron chi connectivity index (χ0n) is 6.36. The fourth-order valence-electron chi connectivity index (χ4n) is 0.730. The molecule has 1 aromatic carbocycles. The third-order valence-corrected chi connectivity index (χ3v) is 5.36. The van der Waals surface area contributed by atoms with E-state index in [0.29, 0.717) is 0 Å². The number of benzene rings is 1. The summed E-state index contributed by atoms with van der Waals surface area (Å²) in [6, 6.07) is 6.60. The van der Waals surface area contributed by atoms with Crippen molar-refractivity contribution < 1.29 is 22.8 Å². The first kappa shape index (κ1) is 10.4. The molecule has 0 aliphatic rings. The van der Waals surface area contributed by atoms with E-state index in [-0.39, 0.29) is 4.90 Å². The molecule has 2 N–H and O–H groups in total. The highest BCUT2D eigenvalue weighted by molar-refractivity contribution is 8.48. The molecule has 0 atom stereocenters. The molecule has 0 unspecified atom stereocenters. The van der Waals surface area contributed by atoms with E-state index in [4.69, 9.17) is 9.79 Å². The van der Waals surface area contributed by atoms with Crippen molar-refractivity contribution >= 4 is 16.3 Å². The first-order valence-corrected chi connectivity index (χ1v) is 6.91. The Bertz CT molecular complexity index is 431. The fourth-order valence-corrected chi connectivity index (χ4v) is 2.69. The van der Waals surface area contributed by atoms with Gasteiger partial charge in [-0.05, 0) is 12.1 Å². The zero-order valence-corrected chi connectivity index (χ0v) is 8.07. The molecule has 1 rings (SSSR count). The fraction of sp³-hybridized carbons (Fsp3) is 0. The molecule has 0 radical (unpaired) electrons. The van der Waals surface area contributed by atoms with Gasteiger partial charge in [0.15, 0.2) is 0 Å². The molecule has 1 aromatic rings. The summed E-state index contributed by atoms with van der Waals surface area (Å²) in [5.41, 5.74) is 0. The zero-order chi connectivity index (χ0) is 10.1. The minimum Gasteiger partial charge on any atom is -0.313 e. The lowest BCUT2D eigenvalue weighted by molar-refractivity contribution is 0.390. The van der Waals surface area contributed by atoms with Crippen molar-refractivity contribution in [2.24, 2.45) is 0 Å². The Morgan fingerprint density at radius 3 is 1.92 bits per heavy atom. The van der Waals surface area contributed by atoms with Crippen molar-refractivity contribution in [1.82, 2.24) is 0 Å². The predicted molar refractivity (Wildman–Crippen MR) is 45.7 cm³/mol. The van der Waals surface area contributed by atoms with E-state index in [0.717, 1.165) is 12.1 Å². The van der Waals surface area contributed by atoms with Gasteiger partial charge in [-0.2, -0.15) is 0 Å². The van der Waals surface area contributed by atoms with Gasteiger partial charge in [-0.3, -0.25) is 0 Å². The SMILES string of the molecule is O=P(O)(O)S(=O)(=O)c1ccccc1. The highest BCUT2D eigenvalue weighted by atomic mass is 32.8. The lowest BCUT2D eigenvalue weighted by Gasteiger charge is -2.04.